The van der Waals surface area contributed by atoms with Crippen molar-refractivity contribution in [2.24, 2.45) is 11.1 Å². The molecule has 128 valence electrons. The number of hydrogen-bond acceptors (Lipinski definition) is 4. The number of nitrogens with zero attached hydrogens (tertiary/aromatic N) is 2. The van der Waals surface area contributed by atoms with Crippen molar-refractivity contribution in [2.45, 2.75) is 45.1 Å². The molecule has 1 saturated heterocycles. The first-order valence-electron chi connectivity index (χ1n) is 8.17. The van der Waals surface area contributed by atoms with Crippen LogP contribution < -0.4 is 10.5 Å². The molecule has 1 unspecified atom stereocenters. The van der Waals surface area contributed by atoms with Crippen LogP contribution in [-0.4, -0.2) is 62.3 Å². The monoisotopic (exact) mass is 332 g/mol. The van der Waals surface area contributed by atoms with Crippen molar-refractivity contribution < 1.29 is 13.2 Å². The lowest BCUT2D eigenvalue weighted by Gasteiger charge is -2.36. The Hall–Kier alpha value is -0.700. The summed E-state index contributed by atoms with van der Waals surface area (Å²) in [7, 11) is -3.61. The Labute approximate surface area is 133 Å². The molecule has 0 bridgehead atoms. The van der Waals surface area contributed by atoms with Crippen molar-refractivity contribution in [1.29, 1.82) is 0 Å². The maximum absolute atomic E-state index is 12.3. The fourth-order valence-electron chi connectivity index (χ4n) is 3.30. The highest BCUT2D eigenvalue weighted by atomic mass is 32.2. The van der Waals surface area contributed by atoms with Gasteiger partial charge in [-0.25, -0.2) is 5.14 Å². The lowest BCUT2D eigenvalue weighted by atomic mass is 9.89. The van der Waals surface area contributed by atoms with E-state index < -0.39 is 10.2 Å². The quantitative estimate of drug-likeness (QED) is 0.734. The van der Waals surface area contributed by atoms with Crippen LogP contribution in [0, 0.1) is 5.92 Å². The molecular weight excluding hydrogens is 304 g/mol. The summed E-state index contributed by atoms with van der Waals surface area (Å²) >= 11 is 0. The van der Waals surface area contributed by atoms with Crippen LogP contribution in [0.3, 0.4) is 0 Å². The second-order valence-corrected chi connectivity index (χ2v) is 7.95. The molecule has 0 radical (unpaired) electrons. The van der Waals surface area contributed by atoms with Gasteiger partial charge in [0.05, 0.1) is 6.04 Å². The van der Waals surface area contributed by atoms with Crippen LogP contribution in [0.15, 0.2) is 0 Å². The third-order valence-corrected chi connectivity index (χ3v) is 5.93. The first-order valence-corrected chi connectivity index (χ1v) is 9.68. The Morgan fingerprint density at radius 3 is 2.32 bits per heavy atom. The number of carbonyl (C=O) groups is 1. The minimum Gasteiger partial charge on any atom is -0.354 e. The van der Waals surface area contributed by atoms with Gasteiger partial charge in [0.2, 0.25) is 5.91 Å². The minimum absolute atomic E-state index is 0.0367. The van der Waals surface area contributed by atoms with Gasteiger partial charge in [-0.3, -0.25) is 9.69 Å². The first kappa shape index (κ1) is 17.7. The Balaban J connectivity index is 1.74. The van der Waals surface area contributed by atoms with Crippen molar-refractivity contribution in [3.8, 4) is 0 Å². The number of amides is 1. The van der Waals surface area contributed by atoms with E-state index in [2.05, 4.69) is 5.32 Å². The topological polar surface area (TPSA) is 95.7 Å². The van der Waals surface area contributed by atoms with Crippen molar-refractivity contribution in [3.05, 3.63) is 0 Å². The van der Waals surface area contributed by atoms with Crippen LogP contribution in [0.25, 0.3) is 0 Å². The zero-order valence-electron chi connectivity index (χ0n) is 13.3. The molecule has 1 saturated carbocycles. The molecule has 2 rings (SSSR count). The van der Waals surface area contributed by atoms with Crippen LogP contribution in [0.4, 0.5) is 0 Å². The van der Waals surface area contributed by atoms with E-state index in [-0.39, 0.29) is 11.9 Å². The van der Waals surface area contributed by atoms with E-state index in [0.29, 0.717) is 32.1 Å². The molecular formula is C14H28N4O3S. The summed E-state index contributed by atoms with van der Waals surface area (Å²) in [6, 6.07) is -0.230. The summed E-state index contributed by atoms with van der Waals surface area (Å²) in [5.74, 6) is 0.652. The minimum atomic E-state index is -3.61. The van der Waals surface area contributed by atoms with Gasteiger partial charge in [-0.1, -0.05) is 19.3 Å². The molecule has 1 amide bonds. The average Bonchev–Trinajstić information content (AvgIpc) is 2.52. The van der Waals surface area contributed by atoms with Gasteiger partial charge in [-0.2, -0.15) is 12.7 Å². The lowest BCUT2D eigenvalue weighted by molar-refractivity contribution is -0.126. The zero-order valence-corrected chi connectivity index (χ0v) is 14.1. The average molecular weight is 332 g/mol. The van der Waals surface area contributed by atoms with E-state index in [1.165, 1.54) is 36.4 Å². The summed E-state index contributed by atoms with van der Waals surface area (Å²) in [6.45, 7) is 4.41. The number of piperazine rings is 1. The molecule has 0 aromatic carbocycles. The van der Waals surface area contributed by atoms with Crippen molar-refractivity contribution in [1.82, 2.24) is 14.5 Å². The fourth-order valence-corrected chi connectivity index (χ4v) is 3.97. The molecule has 8 heteroatoms. The molecule has 1 heterocycles. The van der Waals surface area contributed by atoms with Crippen molar-refractivity contribution in [2.75, 3.05) is 32.7 Å². The highest BCUT2D eigenvalue weighted by molar-refractivity contribution is 7.86. The number of nitrogens with one attached hydrogen (secondary N) is 1. The second kappa shape index (κ2) is 7.72. The third kappa shape index (κ3) is 4.91. The summed E-state index contributed by atoms with van der Waals surface area (Å²) in [4.78, 5) is 14.3. The first-order chi connectivity index (χ1) is 10.4. The molecule has 2 aliphatic rings. The Morgan fingerprint density at radius 1 is 1.18 bits per heavy atom. The molecule has 0 aromatic heterocycles. The standard InChI is InChI=1S/C14H28N4O3S/c1-12(14(19)16-11-13-5-3-2-4-6-13)17-7-9-18(10-8-17)22(15,20)21/h12-13H,2-11H2,1H3,(H,16,19)(H2,15,20,21). The predicted molar refractivity (Wildman–Crippen MR) is 85.3 cm³/mol. The van der Waals surface area contributed by atoms with Gasteiger partial charge >= 0.3 is 0 Å². The zero-order chi connectivity index (χ0) is 16.2. The van der Waals surface area contributed by atoms with Crippen LogP contribution in [0.1, 0.15) is 39.0 Å². The maximum atomic E-state index is 12.3. The Bertz CT molecular complexity index is 468. The molecule has 2 fully saturated rings. The lowest BCUT2D eigenvalue weighted by Crippen LogP contribution is -2.56. The second-order valence-electron chi connectivity index (χ2n) is 6.41. The van der Waals surface area contributed by atoms with Crippen LogP contribution in [-0.2, 0) is 15.0 Å². The fraction of sp³-hybridized carbons (Fsp3) is 0.929. The highest BCUT2D eigenvalue weighted by Gasteiger charge is 2.29. The maximum Gasteiger partial charge on any atom is 0.276 e. The van der Waals surface area contributed by atoms with E-state index in [4.69, 9.17) is 5.14 Å². The van der Waals surface area contributed by atoms with E-state index in [9.17, 15) is 13.2 Å². The smallest absolute Gasteiger partial charge is 0.276 e. The number of hydrogen-bond donors (Lipinski definition) is 2. The van der Waals surface area contributed by atoms with E-state index in [0.717, 1.165) is 6.54 Å². The number of carbonyl (C=O) groups excluding carboxylic acids is 1. The molecule has 0 aromatic rings. The summed E-state index contributed by atoms with van der Waals surface area (Å²) in [5.41, 5.74) is 0. The van der Waals surface area contributed by atoms with Crippen LogP contribution in [0.2, 0.25) is 0 Å². The summed E-state index contributed by atoms with van der Waals surface area (Å²) in [5, 5.41) is 8.18. The molecule has 1 aliphatic heterocycles. The van der Waals surface area contributed by atoms with Crippen molar-refractivity contribution in [3.63, 3.8) is 0 Å². The molecule has 3 N–H and O–H groups in total. The van der Waals surface area contributed by atoms with Gasteiger partial charge in [0.25, 0.3) is 10.2 Å². The van der Waals surface area contributed by atoms with Gasteiger partial charge < -0.3 is 5.32 Å². The van der Waals surface area contributed by atoms with Crippen LogP contribution in [0.5, 0.6) is 0 Å². The molecule has 1 atom stereocenters. The van der Waals surface area contributed by atoms with Gasteiger partial charge in [-0.15, -0.1) is 0 Å². The van der Waals surface area contributed by atoms with E-state index in [1.54, 1.807) is 0 Å². The summed E-state index contributed by atoms with van der Waals surface area (Å²) < 4.78 is 23.8. The normalized spacial score (nSPS) is 24.1. The molecule has 22 heavy (non-hydrogen) atoms. The Kier molecular flexibility index (Phi) is 6.19. The highest BCUT2D eigenvalue weighted by Crippen LogP contribution is 2.22. The van der Waals surface area contributed by atoms with Gasteiger partial charge in [0.1, 0.15) is 0 Å². The molecule has 0 spiro atoms. The predicted octanol–water partition coefficient (Wildman–Crippen LogP) is -0.107. The Morgan fingerprint density at radius 2 is 1.77 bits per heavy atom. The van der Waals surface area contributed by atoms with Crippen LogP contribution >= 0.6 is 0 Å². The van der Waals surface area contributed by atoms with Gasteiger partial charge in [0.15, 0.2) is 0 Å². The molecule has 7 nitrogen and oxygen atoms in total. The summed E-state index contributed by atoms with van der Waals surface area (Å²) in [6.07, 6.45) is 6.27. The van der Waals surface area contributed by atoms with Crippen molar-refractivity contribution >= 4 is 16.1 Å². The van der Waals surface area contributed by atoms with E-state index >= 15 is 0 Å². The third-order valence-electron chi connectivity index (χ3n) is 4.85. The van der Waals surface area contributed by atoms with E-state index in [1.807, 2.05) is 11.8 Å². The van der Waals surface area contributed by atoms with Gasteiger partial charge in [-0.05, 0) is 25.7 Å². The molecule has 1 aliphatic carbocycles. The number of rotatable bonds is 5. The van der Waals surface area contributed by atoms with Gasteiger partial charge in [0, 0.05) is 32.7 Å². The number of nitrogens with two attached hydrogens (primary N) is 1. The SMILES string of the molecule is CC(C(=O)NCC1CCCCC1)N1CCN(S(N)(=O)=O)CC1. The largest absolute Gasteiger partial charge is 0.354 e.